The van der Waals surface area contributed by atoms with Gasteiger partial charge in [0.25, 0.3) is 0 Å². The number of aryl methyl sites for hydroxylation is 1. The molecule has 0 aromatic carbocycles. The lowest BCUT2D eigenvalue weighted by Gasteiger charge is -2.11. The highest BCUT2D eigenvalue weighted by Gasteiger charge is 2.20. The molecule has 76 valence electrons. The molecule has 14 heavy (non-hydrogen) atoms. The molecule has 0 spiro atoms. The molecule has 1 rings (SSSR count). The van der Waals surface area contributed by atoms with Gasteiger partial charge in [0.1, 0.15) is 17.5 Å². The van der Waals surface area contributed by atoms with Gasteiger partial charge in [0.15, 0.2) is 0 Å². The maximum atomic E-state index is 10.7. The van der Waals surface area contributed by atoms with Crippen molar-refractivity contribution in [2.75, 3.05) is 7.11 Å². The van der Waals surface area contributed by atoms with E-state index in [1.54, 1.807) is 19.1 Å². The van der Waals surface area contributed by atoms with Crippen molar-refractivity contribution in [2.45, 2.75) is 13.0 Å². The van der Waals surface area contributed by atoms with Crippen LogP contribution >= 0.6 is 0 Å². The Morgan fingerprint density at radius 2 is 2.29 bits per heavy atom. The summed E-state index contributed by atoms with van der Waals surface area (Å²) in [5, 5.41) is 8.73. The maximum Gasteiger partial charge on any atom is 0.326 e. The predicted octanol–water partition coefficient (Wildman–Crippen LogP) is 0.483. The SMILES string of the molecule is COc1ccc(C)nc1C(N)C(=O)O. The summed E-state index contributed by atoms with van der Waals surface area (Å²) < 4.78 is 4.97. The molecule has 0 aliphatic heterocycles. The molecule has 1 heterocycles. The zero-order chi connectivity index (χ0) is 10.7. The van der Waals surface area contributed by atoms with E-state index in [1.165, 1.54) is 7.11 Å². The highest BCUT2D eigenvalue weighted by atomic mass is 16.5. The molecule has 0 saturated carbocycles. The zero-order valence-electron chi connectivity index (χ0n) is 8.02. The van der Waals surface area contributed by atoms with Gasteiger partial charge >= 0.3 is 5.97 Å². The molecule has 5 heteroatoms. The van der Waals surface area contributed by atoms with Crippen LogP contribution in [0.3, 0.4) is 0 Å². The molecule has 0 bridgehead atoms. The number of nitrogens with zero attached hydrogens (tertiary/aromatic N) is 1. The molecule has 0 saturated heterocycles. The van der Waals surface area contributed by atoms with Crippen LogP contribution in [0.15, 0.2) is 12.1 Å². The lowest BCUT2D eigenvalue weighted by molar-refractivity contribution is -0.138. The maximum absolute atomic E-state index is 10.7. The van der Waals surface area contributed by atoms with Gasteiger partial charge in [-0.3, -0.25) is 9.78 Å². The number of rotatable bonds is 3. The summed E-state index contributed by atoms with van der Waals surface area (Å²) in [7, 11) is 1.45. The van der Waals surface area contributed by atoms with Crippen LogP contribution in [0.5, 0.6) is 5.75 Å². The van der Waals surface area contributed by atoms with Crippen molar-refractivity contribution in [3.8, 4) is 5.75 Å². The number of carboxylic acids is 1. The van der Waals surface area contributed by atoms with Gasteiger partial charge in [0.05, 0.1) is 7.11 Å². The predicted molar refractivity (Wildman–Crippen MR) is 50.1 cm³/mol. The van der Waals surface area contributed by atoms with E-state index < -0.39 is 12.0 Å². The van der Waals surface area contributed by atoms with Crippen molar-refractivity contribution in [3.05, 3.63) is 23.5 Å². The van der Waals surface area contributed by atoms with Gasteiger partial charge in [0.2, 0.25) is 0 Å². The van der Waals surface area contributed by atoms with Crippen LogP contribution in [0, 0.1) is 6.92 Å². The number of nitrogens with two attached hydrogens (primary N) is 1. The van der Waals surface area contributed by atoms with E-state index in [9.17, 15) is 4.79 Å². The fraction of sp³-hybridized carbons (Fsp3) is 0.333. The van der Waals surface area contributed by atoms with E-state index in [4.69, 9.17) is 15.6 Å². The average molecular weight is 196 g/mol. The Hall–Kier alpha value is -1.62. The minimum Gasteiger partial charge on any atom is -0.495 e. The Labute approximate surface area is 81.5 Å². The fourth-order valence-electron chi connectivity index (χ4n) is 1.08. The lowest BCUT2D eigenvalue weighted by atomic mass is 10.1. The minimum absolute atomic E-state index is 0.250. The molecule has 1 aromatic rings. The van der Waals surface area contributed by atoms with Crippen molar-refractivity contribution in [1.82, 2.24) is 4.98 Å². The van der Waals surface area contributed by atoms with Crippen LogP contribution in [-0.4, -0.2) is 23.2 Å². The molecule has 1 atom stereocenters. The van der Waals surface area contributed by atoms with Gasteiger partial charge in [0, 0.05) is 5.69 Å². The molecule has 0 aliphatic carbocycles. The number of hydrogen-bond acceptors (Lipinski definition) is 4. The monoisotopic (exact) mass is 196 g/mol. The van der Waals surface area contributed by atoms with Crippen LogP contribution in [0.4, 0.5) is 0 Å². The first-order valence-corrected chi connectivity index (χ1v) is 4.06. The van der Waals surface area contributed by atoms with E-state index in [0.717, 1.165) is 0 Å². The normalized spacial score (nSPS) is 12.2. The second kappa shape index (κ2) is 4.06. The summed E-state index contributed by atoms with van der Waals surface area (Å²) in [6, 6.07) is 2.24. The van der Waals surface area contributed by atoms with Crippen molar-refractivity contribution < 1.29 is 14.6 Å². The summed E-state index contributed by atoms with van der Waals surface area (Å²) in [6.07, 6.45) is 0. The fourth-order valence-corrected chi connectivity index (χ4v) is 1.08. The highest BCUT2D eigenvalue weighted by molar-refractivity contribution is 5.75. The van der Waals surface area contributed by atoms with Crippen LogP contribution in [0.25, 0.3) is 0 Å². The third-order valence-electron chi connectivity index (χ3n) is 1.81. The van der Waals surface area contributed by atoms with Gasteiger partial charge < -0.3 is 15.6 Å². The van der Waals surface area contributed by atoms with Gasteiger partial charge in [-0.05, 0) is 19.1 Å². The van der Waals surface area contributed by atoms with E-state index in [-0.39, 0.29) is 5.69 Å². The first kappa shape index (κ1) is 10.5. The van der Waals surface area contributed by atoms with Crippen LogP contribution < -0.4 is 10.5 Å². The van der Waals surface area contributed by atoms with Crippen molar-refractivity contribution in [3.63, 3.8) is 0 Å². The number of pyridine rings is 1. The summed E-state index contributed by atoms with van der Waals surface area (Å²) in [5.41, 5.74) is 6.40. The third kappa shape index (κ3) is 2.00. The third-order valence-corrected chi connectivity index (χ3v) is 1.81. The van der Waals surface area contributed by atoms with E-state index >= 15 is 0 Å². The molecule has 0 fully saturated rings. The number of methoxy groups -OCH3 is 1. The number of carbonyl (C=O) groups is 1. The Kier molecular flexibility index (Phi) is 3.03. The number of carboxylic acid groups (broad SMARTS) is 1. The van der Waals surface area contributed by atoms with Gasteiger partial charge in [-0.15, -0.1) is 0 Å². The number of hydrogen-bond donors (Lipinski definition) is 2. The van der Waals surface area contributed by atoms with Gasteiger partial charge in [-0.25, -0.2) is 0 Å². The van der Waals surface area contributed by atoms with E-state index in [0.29, 0.717) is 11.4 Å². The Balaban J connectivity index is 3.16. The second-order valence-corrected chi connectivity index (χ2v) is 2.86. The van der Waals surface area contributed by atoms with Crippen molar-refractivity contribution >= 4 is 5.97 Å². The zero-order valence-corrected chi connectivity index (χ0v) is 8.02. The summed E-state index contributed by atoms with van der Waals surface area (Å²) in [6.45, 7) is 1.76. The molecule has 0 amide bonds. The van der Waals surface area contributed by atoms with Crippen LogP contribution in [0.1, 0.15) is 17.4 Å². The van der Waals surface area contributed by atoms with Crippen LogP contribution in [-0.2, 0) is 4.79 Å². The van der Waals surface area contributed by atoms with Crippen molar-refractivity contribution in [1.29, 1.82) is 0 Å². The van der Waals surface area contributed by atoms with E-state index in [1.807, 2.05) is 0 Å². The largest absolute Gasteiger partial charge is 0.495 e. The average Bonchev–Trinajstić information content (AvgIpc) is 2.16. The van der Waals surface area contributed by atoms with Crippen LogP contribution in [0.2, 0.25) is 0 Å². The smallest absolute Gasteiger partial charge is 0.326 e. The minimum atomic E-state index is -1.15. The molecule has 5 nitrogen and oxygen atoms in total. The first-order valence-electron chi connectivity index (χ1n) is 4.06. The molecule has 3 N–H and O–H groups in total. The number of aliphatic carboxylic acids is 1. The quantitative estimate of drug-likeness (QED) is 0.734. The molecule has 1 aromatic heterocycles. The molecule has 1 unspecified atom stereocenters. The Morgan fingerprint density at radius 1 is 1.64 bits per heavy atom. The van der Waals surface area contributed by atoms with E-state index in [2.05, 4.69) is 4.98 Å². The molecular weight excluding hydrogens is 184 g/mol. The molecular formula is C9H12N2O3. The number of aromatic nitrogens is 1. The molecule has 0 radical (unpaired) electrons. The second-order valence-electron chi connectivity index (χ2n) is 2.86. The van der Waals surface area contributed by atoms with Gasteiger partial charge in [-0.2, -0.15) is 0 Å². The Morgan fingerprint density at radius 3 is 2.79 bits per heavy atom. The van der Waals surface area contributed by atoms with Crippen molar-refractivity contribution in [2.24, 2.45) is 5.73 Å². The summed E-state index contributed by atoms with van der Waals surface area (Å²) in [4.78, 5) is 14.7. The summed E-state index contributed by atoms with van der Waals surface area (Å²) >= 11 is 0. The highest BCUT2D eigenvalue weighted by Crippen LogP contribution is 2.21. The molecule has 0 aliphatic rings. The standard InChI is InChI=1S/C9H12N2O3/c1-5-3-4-6(14-2)8(11-5)7(10)9(12)13/h3-4,7H,10H2,1-2H3,(H,12,13). The summed E-state index contributed by atoms with van der Waals surface area (Å²) in [5.74, 6) is -0.730. The topological polar surface area (TPSA) is 85.4 Å². The van der Waals surface area contributed by atoms with Gasteiger partial charge in [-0.1, -0.05) is 0 Å². The first-order chi connectivity index (χ1) is 6.56. The number of ether oxygens (including phenoxy) is 1. The lowest BCUT2D eigenvalue weighted by Crippen LogP contribution is -2.22. The Bertz CT molecular complexity index is 352.